The number of benzene rings is 1. The van der Waals surface area contributed by atoms with E-state index in [9.17, 15) is 0 Å². The van der Waals surface area contributed by atoms with Gasteiger partial charge in [0, 0.05) is 25.8 Å². The van der Waals surface area contributed by atoms with Gasteiger partial charge in [-0.3, -0.25) is 11.3 Å². The van der Waals surface area contributed by atoms with Crippen molar-refractivity contribution in [1.29, 1.82) is 0 Å². The number of hydrazine groups is 1. The van der Waals surface area contributed by atoms with Crippen LogP contribution in [-0.2, 0) is 0 Å². The van der Waals surface area contributed by atoms with Crippen LogP contribution >= 0.6 is 0 Å². The Bertz CT molecular complexity index is 345. The van der Waals surface area contributed by atoms with Crippen LogP contribution in [0.3, 0.4) is 0 Å². The molecule has 0 spiro atoms. The molecule has 1 aromatic carbocycles. The summed E-state index contributed by atoms with van der Waals surface area (Å²) in [5, 5.41) is 0. The summed E-state index contributed by atoms with van der Waals surface area (Å²) in [6.07, 6.45) is 3.89. The van der Waals surface area contributed by atoms with Crippen LogP contribution in [0.15, 0.2) is 24.3 Å². The quantitative estimate of drug-likeness (QED) is 0.588. The normalized spacial score (nSPS) is 17.2. The Morgan fingerprint density at radius 2 is 2.19 bits per heavy atom. The van der Waals surface area contributed by atoms with E-state index in [1.807, 2.05) is 0 Å². The Hall–Kier alpha value is -1.06. The lowest BCUT2D eigenvalue weighted by molar-refractivity contribution is 0.487. The highest BCUT2D eigenvalue weighted by Gasteiger charge is 2.25. The van der Waals surface area contributed by atoms with Gasteiger partial charge in [0.15, 0.2) is 0 Å². The molecule has 1 aliphatic carbocycles. The topological polar surface area (TPSA) is 41.3 Å². The van der Waals surface area contributed by atoms with E-state index in [2.05, 4.69) is 48.7 Å². The highest BCUT2D eigenvalue weighted by molar-refractivity contribution is 5.47. The third kappa shape index (κ3) is 2.74. The molecule has 0 amide bonds. The maximum atomic E-state index is 5.64. The van der Waals surface area contributed by atoms with Crippen molar-refractivity contribution in [3.8, 4) is 0 Å². The van der Waals surface area contributed by atoms with Crippen molar-refractivity contribution < 1.29 is 0 Å². The molecule has 0 radical (unpaired) electrons. The summed E-state index contributed by atoms with van der Waals surface area (Å²) < 4.78 is 0. The Kier molecular flexibility index (Phi) is 3.46. The first-order valence-corrected chi connectivity index (χ1v) is 5.94. The maximum absolute atomic E-state index is 5.64. The predicted octanol–water partition coefficient (Wildman–Crippen LogP) is 2.06. The third-order valence-corrected chi connectivity index (χ3v) is 3.26. The van der Waals surface area contributed by atoms with E-state index in [-0.39, 0.29) is 0 Å². The van der Waals surface area contributed by atoms with Gasteiger partial charge in [0.25, 0.3) is 0 Å². The zero-order valence-electron chi connectivity index (χ0n) is 10.1. The fraction of sp³-hybridized carbons (Fsp3) is 0.538. The molecule has 0 saturated heterocycles. The van der Waals surface area contributed by atoms with Gasteiger partial charge in [0.1, 0.15) is 0 Å². The number of hydrogen-bond acceptors (Lipinski definition) is 3. The monoisotopic (exact) mass is 219 g/mol. The van der Waals surface area contributed by atoms with Crippen LogP contribution < -0.4 is 16.2 Å². The van der Waals surface area contributed by atoms with Gasteiger partial charge < -0.3 is 4.90 Å². The van der Waals surface area contributed by atoms with Crippen molar-refractivity contribution in [3.05, 3.63) is 29.8 Å². The summed E-state index contributed by atoms with van der Waals surface area (Å²) in [5.41, 5.74) is 5.46. The lowest BCUT2D eigenvalue weighted by Crippen LogP contribution is -2.28. The molecule has 3 heteroatoms. The molecule has 88 valence electrons. The van der Waals surface area contributed by atoms with Crippen molar-refractivity contribution in [1.82, 2.24) is 5.43 Å². The molecule has 1 saturated carbocycles. The Labute approximate surface area is 97.6 Å². The summed E-state index contributed by atoms with van der Waals surface area (Å²) in [5.74, 6) is 6.52. The van der Waals surface area contributed by atoms with Crippen molar-refractivity contribution in [2.45, 2.75) is 25.3 Å². The van der Waals surface area contributed by atoms with E-state index in [0.717, 1.165) is 12.3 Å². The van der Waals surface area contributed by atoms with Gasteiger partial charge in [-0.25, -0.2) is 0 Å². The zero-order chi connectivity index (χ0) is 11.5. The summed E-state index contributed by atoms with van der Waals surface area (Å²) >= 11 is 0. The molecule has 3 nitrogen and oxygen atoms in total. The second-order valence-corrected chi connectivity index (χ2v) is 4.89. The van der Waals surface area contributed by atoms with Crippen LogP contribution in [0.4, 0.5) is 5.69 Å². The Balaban J connectivity index is 2.12. The van der Waals surface area contributed by atoms with Crippen molar-refractivity contribution in [2.24, 2.45) is 11.8 Å². The van der Waals surface area contributed by atoms with Crippen molar-refractivity contribution in [3.63, 3.8) is 0 Å². The van der Waals surface area contributed by atoms with Crippen LogP contribution in [0.2, 0.25) is 0 Å². The molecular formula is C13H21N3. The third-order valence-electron chi connectivity index (χ3n) is 3.26. The molecular weight excluding hydrogens is 198 g/mol. The molecule has 1 aliphatic rings. The molecule has 0 heterocycles. The van der Waals surface area contributed by atoms with E-state index in [4.69, 9.17) is 5.84 Å². The fourth-order valence-electron chi connectivity index (χ4n) is 2.01. The number of rotatable bonds is 5. The summed E-state index contributed by atoms with van der Waals surface area (Å²) in [6.45, 7) is 0. The number of nitrogens with two attached hydrogens (primary N) is 1. The Morgan fingerprint density at radius 3 is 2.75 bits per heavy atom. The number of nitrogens with one attached hydrogen (secondary N) is 1. The lowest BCUT2D eigenvalue weighted by atomic mass is 10.0. The minimum absolute atomic E-state index is 0.299. The lowest BCUT2D eigenvalue weighted by Gasteiger charge is -2.19. The minimum Gasteiger partial charge on any atom is -0.378 e. The molecule has 3 N–H and O–H groups in total. The molecule has 0 aromatic heterocycles. The number of anilines is 1. The SMILES string of the molecule is CN(C)c1cccc(C(CC2CC2)NN)c1. The first-order valence-electron chi connectivity index (χ1n) is 5.94. The second kappa shape index (κ2) is 4.85. The number of nitrogens with zero attached hydrogens (tertiary/aromatic N) is 1. The average Bonchev–Trinajstić information content (AvgIpc) is 3.10. The van der Waals surface area contributed by atoms with E-state index in [1.165, 1.54) is 24.1 Å². The van der Waals surface area contributed by atoms with Crippen molar-refractivity contribution in [2.75, 3.05) is 19.0 Å². The first kappa shape index (κ1) is 11.4. The zero-order valence-corrected chi connectivity index (χ0v) is 10.1. The van der Waals surface area contributed by atoms with Gasteiger partial charge in [-0.2, -0.15) is 0 Å². The Morgan fingerprint density at radius 1 is 1.44 bits per heavy atom. The predicted molar refractivity (Wildman–Crippen MR) is 68.2 cm³/mol. The molecule has 1 aromatic rings. The molecule has 0 bridgehead atoms. The molecule has 16 heavy (non-hydrogen) atoms. The van der Waals surface area contributed by atoms with Gasteiger partial charge in [-0.05, 0) is 30.0 Å². The van der Waals surface area contributed by atoms with Crippen LogP contribution in [0.25, 0.3) is 0 Å². The first-order chi connectivity index (χ1) is 7.70. The molecule has 0 aliphatic heterocycles. The van der Waals surface area contributed by atoms with Gasteiger partial charge in [-0.1, -0.05) is 25.0 Å². The van der Waals surface area contributed by atoms with Gasteiger partial charge in [-0.15, -0.1) is 0 Å². The fourth-order valence-corrected chi connectivity index (χ4v) is 2.01. The molecule has 1 unspecified atom stereocenters. The minimum atomic E-state index is 0.299. The van der Waals surface area contributed by atoms with Gasteiger partial charge in [0.2, 0.25) is 0 Å². The van der Waals surface area contributed by atoms with Crippen LogP contribution in [-0.4, -0.2) is 14.1 Å². The molecule has 1 fully saturated rings. The van der Waals surface area contributed by atoms with Crippen LogP contribution in [0.1, 0.15) is 30.9 Å². The number of hydrogen-bond donors (Lipinski definition) is 2. The summed E-state index contributed by atoms with van der Waals surface area (Å²) in [7, 11) is 4.12. The highest BCUT2D eigenvalue weighted by atomic mass is 15.2. The highest BCUT2D eigenvalue weighted by Crippen LogP contribution is 2.37. The molecule has 2 rings (SSSR count). The average molecular weight is 219 g/mol. The molecule has 1 atom stereocenters. The smallest absolute Gasteiger partial charge is 0.0463 e. The van der Waals surface area contributed by atoms with E-state index >= 15 is 0 Å². The van der Waals surface area contributed by atoms with E-state index in [1.54, 1.807) is 0 Å². The summed E-state index contributed by atoms with van der Waals surface area (Å²) in [6, 6.07) is 8.88. The standard InChI is InChI=1S/C13H21N3/c1-16(2)12-5-3-4-11(9-12)13(15-14)8-10-6-7-10/h3-5,9-10,13,15H,6-8,14H2,1-2H3. The van der Waals surface area contributed by atoms with E-state index < -0.39 is 0 Å². The van der Waals surface area contributed by atoms with Crippen molar-refractivity contribution >= 4 is 5.69 Å². The van der Waals surface area contributed by atoms with Crippen LogP contribution in [0, 0.1) is 5.92 Å². The second-order valence-electron chi connectivity index (χ2n) is 4.89. The van der Waals surface area contributed by atoms with Gasteiger partial charge in [0.05, 0.1) is 0 Å². The largest absolute Gasteiger partial charge is 0.378 e. The van der Waals surface area contributed by atoms with E-state index in [0.29, 0.717) is 6.04 Å². The van der Waals surface area contributed by atoms with Gasteiger partial charge >= 0.3 is 0 Å². The summed E-state index contributed by atoms with van der Waals surface area (Å²) in [4.78, 5) is 2.12. The van der Waals surface area contributed by atoms with Crippen LogP contribution in [0.5, 0.6) is 0 Å². The maximum Gasteiger partial charge on any atom is 0.0463 e.